The molecule has 12 heteroatoms. The van der Waals surface area contributed by atoms with Gasteiger partial charge in [-0.2, -0.15) is 0 Å². The molecule has 0 bridgehead atoms. The topological polar surface area (TPSA) is 133 Å². The number of pyridine rings is 2. The highest BCUT2D eigenvalue weighted by Gasteiger charge is 2.24. The number of nitrogens with zero attached hydrogens (tertiary/aromatic N) is 4. The largest absolute Gasteiger partial charge is 0.481 e. The van der Waals surface area contributed by atoms with Gasteiger partial charge in [0, 0.05) is 61.9 Å². The van der Waals surface area contributed by atoms with Crippen LogP contribution in [-0.2, 0) is 25.4 Å². The molecule has 0 unspecified atom stereocenters. The fourth-order valence-corrected chi connectivity index (χ4v) is 6.20. The lowest BCUT2D eigenvalue weighted by Crippen LogP contribution is -2.46. The summed E-state index contributed by atoms with van der Waals surface area (Å²) in [5, 5.41) is 17.8. The molecule has 4 heterocycles. The summed E-state index contributed by atoms with van der Waals surface area (Å²) in [7, 11) is 4.66. The van der Waals surface area contributed by atoms with Crippen molar-refractivity contribution in [3.05, 3.63) is 97.8 Å². The summed E-state index contributed by atoms with van der Waals surface area (Å²) >= 11 is 7.08. The van der Waals surface area contributed by atoms with E-state index in [2.05, 4.69) is 15.6 Å². The fraction of sp³-hybridized carbons (Fsp3) is 0.294. The van der Waals surface area contributed by atoms with Crippen LogP contribution in [0.1, 0.15) is 17.5 Å². The van der Waals surface area contributed by atoms with Crippen LogP contribution in [0.15, 0.2) is 70.4 Å². The average molecular weight is 643 g/mol. The Morgan fingerprint density at radius 1 is 1.04 bits per heavy atom. The van der Waals surface area contributed by atoms with Crippen LogP contribution in [-0.4, -0.2) is 56.7 Å². The van der Waals surface area contributed by atoms with Gasteiger partial charge in [-0.1, -0.05) is 48.0 Å². The SMILES string of the molecule is COc1nc(-c2cccc(-c3cccc(Nc4nccc5c4c(=O)n(C)c(=O)n5C)c3C)c2Cl)ccc1CN[C@@H]1CCOC[C@H]1O. The van der Waals surface area contributed by atoms with Gasteiger partial charge in [-0.25, -0.2) is 14.8 Å². The Hall–Kier alpha value is -4.55. The first-order chi connectivity index (χ1) is 22.2. The van der Waals surface area contributed by atoms with E-state index in [9.17, 15) is 14.7 Å². The van der Waals surface area contributed by atoms with Crippen molar-refractivity contribution in [1.29, 1.82) is 0 Å². The van der Waals surface area contributed by atoms with Crippen molar-refractivity contribution < 1.29 is 14.6 Å². The summed E-state index contributed by atoms with van der Waals surface area (Å²) < 4.78 is 13.5. The molecule has 0 spiro atoms. The van der Waals surface area contributed by atoms with E-state index in [1.807, 2.05) is 55.5 Å². The molecule has 2 aromatic carbocycles. The zero-order valence-electron chi connectivity index (χ0n) is 26.0. The predicted octanol–water partition coefficient (Wildman–Crippen LogP) is 4.31. The molecular weight excluding hydrogens is 608 g/mol. The Bertz CT molecular complexity index is 2060. The van der Waals surface area contributed by atoms with Crippen molar-refractivity contribution in [2.45, 2.75) is 32.0 Å². The minimum absolute atomic E-state index is 0.0618. The van der Waals surface area contributed by atoms with E-state index in [4.69, 9.17) is 26.1 Å². The van der Waals surface area contributed by atoms with Crippen LogP contribution >= 0.6 is 11.6 Å². The number of nitrogens with one attached hydrogen (secondary N) is 2. The van der Waals surface area contributed by atoms with Crippen molar-refractivity contribution in [3.8, 4) is 28.3 Å². The molecule has 1 saturated heterocycles. The van der Waals surface area contributed by atoms with E-state index in [0.29, 0.717) is 53.1 Å². The summed E-state index contributed by atoms with van der Waals surface area (Å²) in [5.41, 5.74) is 5.25. The second kappa shape index (κ2) is 13.1. The van der Waals surface area contributed by atoms with Crippen LogP contribution in [0.4, 0.5) is 11.5 Å². The number of aromatic nitrogens is 4. The lowest BCUT2D eigenvalue weighted by atomic mass is 9.96. The first kappa shape index (κ1) is 31.4. The monoisotopic (exact) mass is 642 g/mol. The lowest BCUT2D eigenvalue weighted by molar-refractivity contribution is -0.0281. The second-order valence-corrected chi connectivity index (χ2v) is 11.7. The molecule has 46 heavy (non-hydrogen) atoms. The normalized spacial score (nSPS) is 16.5. The minimum Gasteiger partial charge on any atom is -0.481 e. The van der Waals surface area contributed by atoms with Gasteiger partial charge >= 0.3 is 5.69 Å². The number of aliphatic hydroxyl groups excluding tert-OH is 1. The van der Waals surface area contributed by atoms with Gasteiger partial charge in [0.05, 0.1) is 36.1 Å². The number of methoxy groups -OCH3 is 1. The van der Waals surface area contributed by atoms with Crippen LogP contribution < -0.4 is 26.6 Å². The molecule has 6 rings (SSSR count). The van der Waals surface area contributed by atoms with Crippen molar-refractivity contribution in [2.75, 3.05) is 25.6 Å². The smallest absolute Gasteiger partial charge is 0.330 e. The Kier molecular flexibility index (Phi) is 8.92. The van der Waals surface area contributed by atoms with Crippen LogP contribution in [0, 0.1) is 6.92 Å². The Morgan fingerprint density at radius 2 is 1.80 bits per heavy atom. The van der Waals surface area contributed by atoms with E-state index < -0.39 is 17.4 Å². The maximum absolute atomic E-state index is 13.1. The quantitative estimate of drug-likeness (QED) is 0.226. The number of hydrogen-bond donors (Lipinski definition) is 3. The number of anilines is 2. The molecule has 5 aromatic rings. The number of ether oxygens (including phenoxy) is 2. The number of hydrogen-bond acceptors (Lipinski definition) is 9. The Balaban J connectivity index is 1.32. The van der Waals surface area contributed by atoms with Gasteiger partial charge in [0.25, 0.3) is 5.56 Å². The van der Waals surface area contributed by atoms with Gasteiger partial charge in [-0.15, -0.1) is 0 Å². The first-order valence-electron chi connectivity index (χ1n) is 14.9. The highest BCUT2D eigenvalue weighted by molar-refractivity contribution is 6.36. The molecule has 0 radical (unpaired) electrons. The Labute approximate surface area is 270 Å². The third kappa shape index (κ3) is 5.78. The van der Waals surface area contributed by atoms with E-state index >= 15 is 0 Å². The van der Waals surface area contributed by atoms with Crippen LogP contribution in [0.3, 0.4) is 0 Å². The van der Waals surface area contributed by atoms with Gasteiger partial charge in [-0.3, -0.25) is 13.9 Å². The molecule has 3 N–H and O–H groups in total. The van der Waals surface area contributed by atoms with E-state index in [1.54, 1.807) is 26.4 Å². The summed E-state index contributed by atoms with van der Waals surface area (Å²) in [6.45, 7) is 3.39. The lowest BCUT2D eigenvalue weighted by Gasteiger charge is -2.28. The molecule has 238 valence electrons. The maximum Gasteiger partial charge on any atom is 0.330 e. The molecule has 1 fully saturated rings. The molecule has 2 atom stereocenters. The summed E-state index contributed by atoms with van der Waals surface area (Å²) in [6.07, 6.45) is 1.74. The van der Waals surface area contributed by atoms with Gasteiger partial charge in [0.1, 0.15) is 11.2 Å². The summed E-state index contributed by atoms with van der Waals surface area (Å²) in [4.78, 5) is 34.8. The summed E-state index contributed by atoms with van der Waals surface area (Å²) in [6, 6.07) is 17.1. The molecule has 0 saturated carbocycles. The van der Waals surface area contributed by atoms with Crippen molar-refractivity contribution in [1.82, 2.24) is 24.4 Å². The average Bonchev–Trinajstić information content (AvgIpc) is 3.07. The number of halogens is 1. The van der Waals surface area contributed by atoms with Crippen LogP contribution in [0.5, 0.6) is 5.88 Å². The number of fused-ring (bicyclic) bond motifs is 1. The van der Waals surface area contributed by atoms with E-state index in [0.717, 1.165) is 44.5 Å². The van der Waals surface area contributed by atoms with Crippen molar-refractivity contribution >= 4 is 34.0 Å². The standard InChI is InChI=1S/C34H35ClN6O5/c1-19-21(7-6-10-24(19)38-31-29-27(13-15-36-31)40(2)34(44)41(3)33(29)43)22-8-5-9-23(30(22)35)25-12-11-20(32(39-25)45-4)17-37-26-14-16-46-18-28(26)42/h5-13,15,26,28,37,42H,14,16-18H2,1-4H3,(H,36,38)/t26-,28-/m1/s1. The van der Waals surface area contributed by atoms with E-state index in [-0.39, 0.29) is 6.04 Å². The molecular formula is C34H35ClN6O5. The molecule has 0 aliphatic carbocycles. The minimum atomic E-state index is -0.559. The third-order valence-corrected chi connectivity index (χ3v) is 8.96. The highest BCUT2D eigenvalue weighted by atomic mass is 35.5. The second-order valence-electron chi connectivity index (χ2n) is 11.3. The zero-order chi connectivity index (χ0) is 32.5. The molecule has 1 aliphatic rings. The van der Waals surface area contributed by atoms with Crippen LogP contribution in [0.2, 0.25) is 5.02 Å². The molecule has 11 nitrogen and oxygen atoms in total. The molecule has 0 amide bonds. The highest BCUT2D eigenvalue weighted by Crippen LogP contribution is 2.39. The van der Waals surface area contributed by atoms with Crippen LogP contribution in [0.25, 0.3) is 33.3 Å². The summed E-state index contributed by atoms with van der Waals surface area (Å²) in [5.74, 6) is 0.827. The van der Waals surface area contributed by atoms with Gasteiger partial charge in [0.2, 0.25) is 5.88 Å². The fourth-order valence-electron chi connectivity index (χ4n) is 5.88. The van der Waals surface area contributed by atoms with Gasteiger partial charge < -0.3 is 25.2 Å². The van der Waals surface area contributed by atoms with E-state index in [1.165, 1.54) is 11.6 Å². The zero-order valence-corrected chi connectivity index (χ0v) is 26.8. The van der Waals surface area contributed by atoms with Gasteiger partial charge in [-0.05, 0) is 42.7 Å². The number of aliphatic hydroxyl groups is 1. The first-order valence-corrected chi connectivity index (χ1v) is 15.3. The maximum atomic E-state index is 13.1. The number of benzene rings is 2. The van der Waals surface area contributed by atoms with Crippen molar-refractivity contribution in [3.63, 3.8) is 0 Å². The third-order valence-electron chi connectivity index (χ3n) is 8.55. The number of aryl methyl sites for hydroxylation is 1. The Morgan fingerprint density at radius 3 is 2.59 bits per heavy atom. The predicted molar refractivity (Wildman–Crippen MR) is 179 cm³/mol. The number of rotatable bonds is 8. The molecule has 1 aliphatic heterocycles. The van der Waals surface area contributed by atoms with Gasteiger partial charge in [0.15, 0.2) is 0 Å². The molecule has 3 aromatic heterocycles. The van der Waals surface area contributed by atoms with Crippen molar-refractivity contribution in [2.24, 2.45) is 14.1 Å².